The summed E-state index contributed by atoms with van der Waals surface area (Å²) in [5, 5.41) is 13.2. The Balaban J connectivity index is 1.04. The first kappa shape index (κ1) is 28.1. The predicted molar refractivity (Wildman–Crippen MR) is 221 cm³/mol. The van der Waals surface area contributed by atoms with E-state index in [1.807, 2.05) is 22.7 Å². The molecule has 0 fully saturated rings. The Kier molecular flexibility index (Phi) is 6.09. The highest BCUT2D eigenvalue weighted by molar-refractivity contribution is 7.27. The van der Waals surface area contributed by atoms with Crippen LogP contribution >= 0.6 is 22.7 Å². The van der Waals surface area contributed by atoms with E-state index < -0.39 is 0 Å². The van der Waals surface area contributed by atoms with Crippen molar-refractivity contribution in [2.24, 2.45) is 0 Å². The lowest BCUT2D eigenvalue weighted by molar-refractivity contribution is 1.63. The van der Waals surface area contributed by atoms with Gasteiger partial charge in [0.05, 0.1) is 0 Å². The molecule has 0 aliphatic carbocycles. The van der Waals surface area contributed by atoms with E-state index in [-0.39, 0.29) is 0 Å². The fourth-order valence-electron chi connectivity index (χ4n) is 8.14. The highest BCUT2D eigenvalue weighted by Crippen LogP contribution is 2.45. The Morgan fingerprint density at radius 2 is 0.800 bits per heavy atom. The van der Waals surface area contributed by atoms with Gasteiger partial charge in [0.2, 0.25) is 0 Å². The third-order valence-corrected chi connectivity index (χ3v) is 12.8. The molecule has 0 unspecified atom stereocenters. The molecule has 232 valence electrons. The van der Waals surface area contributed by atoms with Gasteiger partial charge >= 0.3 is 0 Å². The smallest absolute Gasteiger partial charge is 0.0434 e. The highest BCUT2D eigenvalue weighted by atomic mass is 32.1. The van der Waals surface area contributed by atoms with Gasteiger partial charge < -0.3 is 0 Å². The van der Waals surface area contributed by atoms with Crippen LogP contribution in [0.2, 0.25) is 0 Å². The van der Waals surface area contributed by atoms with Crippen molar-refractivity contribution in [3.63, 3.8) is 0 Å². The predicted octanol–water partition coefficient (Wildman–Crippen LogP) is 14.9. The average Bonchev–Trinajstić information content (AvgIpc) is 3.74. The van der Waals surface area contributed by atoms with Gasteiger partial charge in [-0.1, -0.05) is 140 Å². The number of benzene rings is 9. The molecule has 0 atom stereocenters. The summed E-state index contributed by atoms with van der Waals surface area (Å²) in [6.45, 7) is 0. The van der Waals surface area contributed by atoms with Crippen molar-refractivity contribution in [2.45, 2.75) is 0 Å². The monoisotopic (exact) mass is 668 g/mol. The van der Waals surface area contributed by atoms with Gasteiger partial charge in [-0.25, -0.2) is 0 Å². The minimum atomic E-state index is 1.23. The van der Waals surface area contributed by atoms with Crippen LogP contribution in [-0.2, 0) is 0 Å². The van der Waals surface area contributed by atoms with Crippen molar-refractivity contribution in [2.75, 3.05) is 0 Å². The summed E-state index contributed by atoms with van der Waals surface area (Å²) in [6.07, 6.45) is 0. The van der Waals surface area contributed by atoms with Crippen molar-refractivity contribution < 1.29 is 0 Å². The van der Waals surface area contributed by atoms with Gasteiger partial charge in [-0.05, 0) is 90.6 Å². The molecule has 2 heterocycles. The second-order valence-electron chi connectivity index (χ2n) is 13.2. The maximum Gasteiger partial charge on any atom is 0.0434 e. The summed E-state index contributed by atoms with van der Waals surface area (Å²) in [4.78, 5) is 0. The zero-order valence-corrected chi connectivity index (χ0v) is 28.6. The molecule has 0 N–H and O–H groups in total. The summed E-state index contributed by atoms with van der Waals surface area (Å²) in [7, 11) is 0. The van der Waals surface area contributed by atoms with Crippen LogP contribution in [0.25, 0.3) is 106 Å². The molecule has 0 aliphatic heterocycles. The van der Waals surface area contributed by atoms with Gasteiger partial charge in [0.25, 0.3) is 0 Å². The van der Waals surface area contributed by atoms with Crippen molar-refractivity contribution in [3.8, 4) is 33.4 Å². The fourth-order valence-corrected chi connectivity index (χ4v) is 10.5. The van der Waals surface area contributed by atoms with Gasteiger partial charge in [0, 0.05) is 45.7 Å². The average molecular weight is 669 g/mol. The quantitative estimate of drug-likeness (QED) is 0.164. The van der Waals surface area contributed by atoms with Crippen LogP contribution in [0.5, 0.6) is 0 Å². The molecule has 9 aromatic carbocycles. The van der Waals surface area contributed by atoms with E-state index >= 15 is 0 Å². The molecule has 0 amide bonds. The lowest BCUT2D eigenvalue weighted by atomic mass is 9.86. The number of thiophene rings is 2. The van der Waals surface area contributed by atoms with Crippen molar-refractivity contribution in [3.05, 3.63) is 170 Å². The van der Waals surface area contributed by atoms with Crippen LogP contribution < -0.4 is 0 Å². The van der Waals surface area contributed by atoms with Gasteiger partial charge in [0.1, 0.15) is 0 Å². The zero-order valence-electron chi connectivity index (χ0n) is 27.0. The molecule has 11 rings (SSSR count). The second kappa shape index (κ2) is 10.9. The summed E-state index contributed by atoms with van der Waals surface area (Å²) in [5.41, 5.74) is 7.56. The van der Waals surface area contributed by atoms with E-state index in [0.717, 1.165) is 0 Å². The first-order valence-corrected chi connectivity index (χ1v) is 18.7. The third-order valence-electron chi connectivity index (χ3n) is 10.5. The Morgan fingerprint density at radius 1 is 0.260 bits per heavy atom. The summed E-state index contributed by atoms with van der Waals surface area (Å²) in [6, 6.07) is 63.0. The van der Waals surface area contributed by atoms with Crippen LogP contribution in [0, 0.1) is 0 Å². The van der Waals surface area contributed by atoms with E-state index in [4.69, 9.17) is 0 Å². The highest BCUT2D eigenvalue weighted by Gasteiger charge is 2.17. The summed E-state index contributed by atoms with van der Waals surface area (Å²) >= 11 is 3.81. The lowest BCUT2D eigenvalue weighted by Crippen LogP contribution is -1.90. The Hall–Kier alpha value is -5.80. The Labute approximate surface area is 297 Å². The SMILES string of the molecule is c1ccc(-c2c3ccccc3c(-c3ccc(-c4ccc5sc6cc7c(ccc8c9ccccc9sc78)cc6c5c4)cc3)c3ccccc23)cc1. The van der Waals surface area contributed by atoms with Crippen molar-refractivity contribution in [1.82, 2.24) is 0 Å². The molecular weight excluding hydrogens is 641 g/mol. The van der Waals surface area contributed by atoms with Gasteiger partial charge in [-0.3, -0.25) is 0 Å². The normalized spacial score (nSPS) is 12.0. The van der Waals surface area contributed by atoms with Crippen LogP contribution in [0.15, 0.2) is 170 Å². The number of rotatable bonds is 3. The first-order valence-electron chi connectivity index (χ1n) is 17.1. The standard InChI is InChI=1S/C48H28S2/c1-2-10-30(11-3-1)46-35-13-4-6-15-37(35)47(38-16-7-5-14-36(38)46)31-20-18-29(19-21-31)32-23-25-44-41(26-32)42-27-33-22-24-39-34-12-8-9-17-43(34)50-48(39)40(33)28-45(42)49-44/h1-28H. The maximum absolute atomic E-state index is 2.43. The number of hydrogen-bond donors (Lipinski definition) is 0. The molecule has 0 radical (unpaired) electrons. The number of fused-ring (bicyclic) bond motifs is 10. The molecule has 2 heteroatoms. The molecule has 2 aromatic heterocycles. The van der Waals surface area contributed by atoms with Crippen LogP contribution in [0.3, 0.4) is 0 Å². The molecule has 0 bridgehead atoms. The van der Waals surface area contributed by atoms with E-state index in [1.165, 1.54) is 106 Å². The topological polar surface area (TPSA) is 0 Å². The van der Waals surface area contributed by atoms with Crippen molar-refractivity contribution >= 4 is 95.3 Å². The zero-order chi connectivity index (χ0) is 32.8. The first-order chi connectivity index (χ1) is 24.8. The Bertz CT molecular complexity index is 3070. The molecule has 11 aromatic rings. The second-order valence-corrected chi connectivity index (χ2v) is 15.3. The minimum Gasteiger partial charge on any atom is -0.135 e. The fraction of sp³-hybridized carbons (Fsp3) is 0. The lowest BCUT2D eigenvalue weighted by Gasteiger charge is -2.18. The molecular formula is C48H28S2. The molecule has 0 nitrogen and oxygen atoms in total. The van der Waals surface area contributed by atoms with E-state index in [2.05, 4.69) is 170 Å². The molecule has 0 spiro atoms. The Morgan fingerprint density at radius 3 is 1.50 bits per heavy atom. The molecule has 0 aliphatic rings. The van der Waals surface area contributed by atoms with E-state index in [9.17, 15) is 0 Å². The third kappa shape index (κ3) is 4.16. The van der Waals surface area contributed by atoms with Gasteiger partial charge in [-0.15, -0.1) is 22.7 Å². The van der Waals surface area contributed by atoms with Gasteiger partial charge in [0.15, 0.2) is 0 Å². The van der Waals surface area contributed by atoms with Crippen LogP contribution in [0.4, 0.5) is 0 Å². The van der Waals surface area contributed by atoms with E-state index in [1.54, 1.807) is 0 Å². The molecule has 0 saturated heterocycles. The van der Waals surface area contributed by atoms with Crippen LogP contribution in [0.1, 0.15) is 0 Å². The van der Waals surface area contributed by atoms with E-state index in [0.29, 0.717) is 0 Å². The van der Waals surface area contributed by atoms with Crippen molar-refractivity contribution in [1.29, 1.82) is 0 Å². The molecule has 50 heavy (non-hydrogen) atoms. The summed E-state index contributed by atoms with van der Waals surface area (Å²) in [5.74, 6) is 0. The maximum atomic E-state index is 2.43. The van der Waals surface area contributed by atoms with Gasteiger partial charge in [-0.2, -0.15) is 0 Å². The number of hydrogen-bond acceptors (Lipinski definition) is 2. The van der Waals surface area contributed by atoms with Crippen LogP contribution in [-0.4, -0.2) is 0 Å². The largest absolute Gasteiger partial charge is 0.135 e. The molecule has 0 saturated carbocycles. The summed E-state index contributed by atoms with van der Waals surface area (Å²) < 4.78 is 5.43. The minimum absolute atomic E-state index is 1.23.